The molecule has 0 aromatic heterocycles. The molecule has 2 N–H and O–H groups in total. The van der Waals surface area contributed by atoms with E-state index in [1.165, 1.54) is 12.1 Å². The van der Waals surface area contributed by atoms with Crippen LogP contribution in [0.4, 0.5) is 29.3 Å². The first-order valence-corrected chi connectivity index (χ1v) is 10.6. The number of amides is 2. The lowest BCUT2D eigenvalue weighted by Crippen LogP contribution is -2.31. The molecule has 0 heterocycles. The van der Waals surface area contributed by atoms with Gasteiger partial charge < -0.3 is 15.0 Å². The highest BCUT2D eigenvalue weighted by molar-refractivity contribution is 6.31. The molecule has 0 bridgehead atoms. The summed E-state index contributed by atoms with van der Waals surface area (Å²) in [6.07, 6.45) is -4.79. The molecule has 0 aliphatic heterocycles. The van der Waals surface area contributed by atoms with E-state index in [0.29, 0.717) is 22.3 Å². The molecule has 0 spiro atoms. The number of nitrogens with one attached hydrogen (secondary N) is 2. The second-order valence-electron chi connectivity index (χ2n) is 7.04. The molecule has 0 fully saturated rings. The summed E-state index contributed by atoms with van der Waals surface area (Å²) in [6, 6.07) is 18.3. The number of hydrazone groups is 1. The number of benzene rings is 3. The van der Waals surface area contributed by atoms with Gasteiger partial charge in [0.05, 0.1) is 12.3 Å². The fourth-order valence-corrected chi connectivity index (χ4v) is 3.11. The number of hydrogen-bond donors (Lipinski definition) is 2. The van der Waals surface area contributed by atoms with Gasteiger partial charge in [-0.3, -0.25) is 0 Å². The fraction of sp³-hybridized carbons (Fsp3) is 0.130. The van der Waals surface area contributed by atoms with E-state index in [-0.39, 0.29) is 5.69 Å². The van der Waals surface area contributed by atoms with E-state index in [2.05, 4.69) is 20.6 Å². The molecule has 0 saturated carbocycles. The fourth-order valence-electron chi connectivity index (χ4n) is 2.86. The Morgan fingerprint density at radius 3 is 2.06 bits per heavy atom. The van der Waals surface area contributed by atoms with Crippen molar-refractivity contribution in [3.63, 3.8) is 0 Å². The number of hydrogen-bond acceptors (Lipinski definition) is 4. The average Bonchev–Trinajstić information content (AvgIpc) is 2.78. The highest BCUT2D eigenvalue weighted by atomic mass is 35.5. The number of likely N-dealkylation sites (N-methyl/N-ethyl adjacent to an activating group) is 1. The van der Waals surface area contributed by atoms with E-state index in [0.717, 1.165) is 23.4 Å². The molecule has 3 aromatic rings. The number of ether oxygens (including phenoxy) is 1. The summed E-state index contributed by atoms with van der Waals surface area (Å²) >= 11 is 11.9. The number of nitrogens with zero attached hydrogens (tertiary/aromatic N) is 2. The zero-order valence-corrected chi connectivity index (χ0v) is 19.2. The molecule has 2 amide bonds. The van der Waals surface area contributed by atoms with E-state index in [4.69, 9.17) is 23.2 Å². The van der Waals surface area contributed by atoms with Crippen molar-refractivity contribution in [1.82, 2.24) is 5.43 Å². The molecule has 0 radical (unpaired) electrons. The van der Waals surface area contributed by atoms with Gasteiger partial charge in [-0.25, -0.2) is 10.2 Å². The summed E-state index contributed by atoms with van der Waals surface area (Å²) in [5, 5.41) is 7.90. The molecule has 0 saturated heterocycles. The normalized spacial score (nSPS) is 11.6. The average molecular weight is 511 g/mol. The number of urea groups is 1. The summed E-state index contributed by atoms with van der Waals surface area (Å²) in [6.45, 7) is 0.340. The molecule has 3 rings (SSSR count). The van der Waals surface area contributed by atoms with Gasteiger partial charge >= 0.3 is 12.4 Å². The lowest BCUT2D eigenvalue weighted by Gasteiger charge is -2.21. The topological polar surface area (TPSA) is 66.0 Å². The maximum atomic E-state index is 12.3. The van der Waals surface area contributed by atoms with Crippen LogP contribution in [0.3, 0.4) is 0 Å². The number of alkyl halides is 3. The van der Waals surface area contributed by atoms with Gasteiger partial charge in [0.1, 0.15) is 5.75 Å². The van der Waals surface area contributed by atoms with Gasteiger partial charge in [0.15, 0.2) is 0 Å². The minimum Gasteiger partial charge on any atom is -0.406 e. The van der Waals surface area contributed by atoms with Crippen LogP contribution in [0.2, 0.25) is 10.0 Å². The van der Waals surface area contributed by atoms with E-state index in [1.54, 1.807) is 36.4 Å². The Kier molecular flexibility index (Phi) is 8.25. The standard InChI is InChI=1S/C23H19Cl2F3N4O2/c1-32(19-10-6-17(25)7-11-19)14-21(15-2-4-16(24)5-3-15)30-31-22(33)29-18-8-12-20(13-9-18)34-23(26,27)28/h2-13H,14H2,1H3,(H2,29,31,33). The van der Waals surface area contributed by atoms with Gasteiger partial charge in [0, 0.05) is 28.5 Å². The molecule has 11 heteroatoms. The van der Waals surface area contributed by atoms with E-state index in [9.17, 15) is 18.0 Å². The Hall–Kier alpha value is -3.43. The van der Waals surface area contributed by atoms with Crippen molar-refractivity contribution in [2.45, 2.75) is 6.36 Å². The first kappa shape index (κ1) is 25.2. The van der Waals surface area contributed by atoms with Crippen LogP contribution in [-0.2, 0) is 0 Å². The summed E-state index contributed by atoms with van der Waals surface area (Å²) in [4.78, 5) is 14.2. The predicted octanol–water partition coefficient (Wildman–Crippen LogP) is 6.55. The van der Waals surface area contributed by atoms with Crippen LogP contribution < -0.4 is 20.4 Å². The third-order valence-corrected chi connectivity index (χ3v) is 4.97. The van der Waals surface area contributed by atoms with Crippen LogP contribution >= 0.6 is 23.2 Å². The molecule has 0 atom stereocenters. The zero-order valence-electron chi connectivity index (χ0n) is 17.7. The van der Waals surface area contributed by atoms with Crippen molar-refractivity contribution in [1.29, 1.82) is 0 Å². The van der Waals surface area contributed by atoms with Crippen LogP contribution in [0.1, 0.15) is 5.56 Å². The summed E-state index contributed by atoms with van der Waals surface area (Å²) in [5.74, 6) is -0.397. The maximum Gasteiger partial charge on any atom is 0.573 e. The third-order valence-electron chi connectivity index (χ3n) is 4.47. The Morgan fingerprint density at radius 2 is 1.50 bits per heavy atom. The summed E-state index contributed by atoms with van der Waals surface area (Å²) in [5.41, 5.74) is 4.83. The Bertz CT molecular complexity index is 1140. The van der Waals surface area contributed by atoms with Crippen LogP contribution in [-0.4, -0.2) is 31.7 Å². The Morgan fingerprint density at radius 1 is 0.941 bits per heavy atom. The molecule has 6 nitrogen and oxygen atoms in total. The Labute approximate surface area is 203 Å². The molecule has 0 aliphatic carbocycles. The zero-order chi connectivity index (χ0) is 24.7. The van der Waals surface area contributed by atoms with Crippen molar-refractivity contribution in [3.05, 3.63) is 88.4 Å². The van der Waals surface area contributed by atoms with Crippen LogP contribution in [0, 0.1) is 0 Å². The highest BCUT2D eigenvalue weighted by Gasteiger charge is 2.30. The highest BCUT2D eigenvalue weighted by Crippen LogP contribution is 2.24. The van der Waals surface area contributed by atoms with E-state index < -0.39 is 18.1 Å². The van der Waals surface area contributed by atoms with Crippen LogP contribution in [0.15, 0.2) is 77.9 Å². The van der Waals surface area contributed by atoms with Crippen LogP contribution in [0.5, 0.6) is 5.75 Å². The minimum atomic E-state index is -4.79. The molecule has 178 valence electrons. The van der Waals surface area contributed by atoms with Gasteiger partial charge in [-0.15, -0.1) is 13.2 Å². The second kappa shape index (κ2) is 11.1. The molecule has 34 heavy (non-hydrogen) atoms. The van der Waals surface area contributed by atoms with Gasteiger partial charge in [-0.2, -0.15) is 5.10 Å². The number of carbonyl (C=O) groups excluding carboxylic acids is 1. The van der Waals surface area contributed by atoms with Crippen molar-refractivity contribution in [2.24, 2.45) is 5.10 Å². The van der Waals surface area contributed by atoms with Gasteiger partial charge in [-0.05, 0) is 66.2 Å². The molecular formula is C23H19Cl2F3N4O2. The van der Waals surface area contributed by atoms with E-state index in [1.807, 2.05) is 24.1 Å². The maximum absolute atomic E-state index is 12.3. The lowest BCUT2D eigenvalue weighted by molar-refractivity contribution is -0.274. The lowest BCUT2D eigenvalue weighted by atomic mass is 10.1. The predicted molar refractivity (Wildman–Crippen MR) is 128 cm³/mol. The van der Waals surface area contributed by atoms with Crippen molar-refractivity contribution in [2.75, 3.05) is 23.8 Å². The third kappa shape index (κ3) is 7.86. The van der Waals surface area contributed by atoms with Gasteiger partial charge in [0.25, 0.3) is 0 Å². The molecule has 0 unspecified atom stereocenters. The quantitative estimate of drug-likeness (QED) is 0.279. The van der Waals surface area contributed by atoms with Crippen LogP contribution in [0.25, 0.3) is 0 Å². The monoisotopic (exact) mass is 510 g/mol. The second-order valence-corrected chi connectivity index (χ2v) is 7.91. The number of rotatable bonds is 7. The molecule has 3 aromatic carbocycles. The molecule has 0 aliphatic rings. The van der Waals surface area contributed by atoms with E-state index >= 15 is 0 Å². The minimum absolute atomic E-state index is 0.258. The summed E-state index contributed by atoms with van der Waals surface area (Å²) < 4.78 is 40.6. The number of anilines is 2. The SMILES string of the molecule is CN(CC(=NNC(=O)Nc1ccc(OC(F)(F)F)cc1)c1ccc(Cl)cc1)c1ccc(Cl)cc1. The van der Waals surface area contributed by atoms with Crippen molar-refractivity contribution < 1.29 is 22.7 Å². The number of carbonyl (C=O) groups is 1. The first-order valence-electron chi connectivity index (χ1n) is 9.81. The summed E-state index contributed by atoms with van der Waals surface area (Å²) in [7, 11) is 1.86. The molecular weight excluding hydrogens is 492 g/mol. The first-order chi connectivity index (χ1) is 16.1. The van der Waals surface area contributed by atoms with Crippen molar-refractivity contribution in [3.8, 4) is 5.75 Å². The Balaban J connectivity index is 1.70. The largest absolute Gasteiger partial charge is 0.573 e. The van der Waals surface area contributed by atoms with Crippen molar-refractivity contribution >= 4 is 46.3 Å². The van der Waals surface area contributed by atoms with Gasteiger partial charge in [-0.1, -0.05) is 35.3 Å². The smallest absolute Gasteiger partial charge is 0.406 e. The van der Waals surface area contributed by atoms with Gasteiger partial charge in [0.2, 0.25) is 0 Å². The number of halogens is 5.